The molecule has 1 fully saturated rings. The van der Waals surface area contributed by atoms with Crippen LogP contribution in [0, 0.1) is 5.92 Å². The Balaban J connectivity index is 2.19. The SMILES string of the molecule is C=CCC(CCC=O)C(=O)C(C(=O)OCc1ccccc1)N1C(O)CC1CC. The molecule has 6 nitrogen and oxygen atoms in total. The van der Waals surface area contributed by atoms with E-state index in [0.717, 1.165) is 11.8 Å². The van der Waals surface area contributed by atoms with E-state index in [1.165, 1.54) is 0 Å². The second-order valence-electron chi connectivity index (χ2n) is 7.09. The molecule has 6 heteroatoms. The van der Waals surface area contributed by atoms with Crippen molar-refractivity contribution in [3.05, 3.63) is 48.6 Å². The highest BCUT2D eigenvalue weighted by molar-refractivity contribution is 6.04. The van der Waals surface area contributed by atoms with Gasteiger partial charge in [0.2, 0.25) is 0 Å². The van der Waals surface area contributed by atoms with E-state index in [0.29, 0.717) is 25.7 Å². The Labute approximate surface area is 166 Å². The number of nitrogens with zero attached hydrogens (tertiary/aromatic N) is 1. The molecule has 1 aliphatic heterocycles. The number of esters is 1. The molecule has 0 bridgehead atoms. The van der Waals surface area contributed by atoms with Crippen molar-refractivity contribution in [1.82, 2.24) is 4.90 Å². The largest absolute Gasteiger partial charge is 0.459 e. The fourth-order valence-corrected chi connectivity index (χ4v) is 3.61. The Kier molecular flexibility index (Phi) is 8.54. The van der Waals surface area contributed by atoms with E-state index in [2.05, 4.69) is 6.58 Å². The van der Waals surface area contributed by atoms with Crippen LogP contribution in [0.5, 0.6) is 0 Å². The number of likely N-dealkylation sites (tertiary alicyclic amines) is 1. The molecule has 152 valence electrons. The molecule has 0 amide bonds. The summed E-state index contributed by atoms with van der Waals surface area (Å²) < 4.78 is 5.43. The zero-order chi connectivity index (χ0) is 20.5. The minimum absolute atomic E-state index is 0.0522. The van der Waals surface area contributed by atoms with Crippen molar-refractivity contribution in [2.45, 2.75) is 63.9 Å². The standard InChI is InChI=1S/C22H29NO5/c1-3-9-17(12-8-13-24)21(26)20(23-18(4-2)14-19(23)25)22(27)28-15-16-10-6-5-7-11-16/h3,5-7,10-11,13,17-20,25H,1,4,8-9,12,14-15H2,2H3. The third kappa shape index (κ3) is 5.36. The quantitative estimate of drug-likeness (QED) is 0.257. The maximum absolute atomic E-state index is 13.2. The van der Waals surface area contributed by atoms with Gasteiger partial charge in [0, 0.05) is 24.8 Å². The van der Waals surface area contributed by atoms with Crippen LogP contribution in [0.25, 0.3) is 0 Å². The fraction of sp³-hybridized carbons (Fsp3) is 0.500. The van der Waals surface area contributed by atoms with Crippen LogP contribution in [0.15, 0.2) is 43.0 Å². The molecule has 0 spiro atoms. The van der Waals surface area contributed by atoms with E-state index in [9.17, 15) is 19.5 Å². The molecule has 0 aromatic heterocycles. The molecule has 28 heavy (non-hydrogen) atoms. The smallest absolute Gasteiger partial charge is 0.331 e. The Hall–Kier alpha value is -2.31. The van der Waals surface area contributed by atoms with Crippen LogP contribution in [-0.2, 0) is 25.7 Å². The van der Waals surface area contributed by atoms with Crippen LogP contribution in [0.3, 0.4) is 0 Å². The summed E-state index contributed by atoms with van der Waals surface area (Å²) in [4.78, 5) is 38.4. The van der Waals surface area contributed by atoms with Gasteiger partial charge in [-0.25, -0.2) is 4.79 Å². The van der Waals surface area contributed by atoms with E-state index in [-0.39, 0.29) is 24.9 Å². The number of aliphatic hydroxyl groups excluding tert-OH is 1. The Morgan fingerprint density at radius 1 is 1.36 bits per heavy atom. The summed E-state index contributed by atoms with van der Waals surface area (Å²) in [6.07, 6.45) is 3.71. The monoisotopic (exact) mass is 387 g/mol. The Bertz CT molecular complexity index is 675. The summed E-state index contributed by atoms with van der Waals surface area (Å²) in [7, 11) is 0. The second-order valence-corrected chi connectivity index (χ2v) is 7.09. The fourth-order valence-electron chi connectivity index (χ4n) is 3.61. The highest BCUT2D eigenvalue weighted by atomic mass is 16.5. The van der Waals surface area contributed by atoms with Gasteiger partial charge in [-0.2, -0.15) is 0 Å². The van der Waals surface area contributed by atoms with Crippen molar-refractivity contribution in [3.63, 3.8) is 0 Å². The van der Waals surface area contributed by atoms with Crippen LogP contribution in [0.1, 0.15) is 44.6 Å². The number of hydrogen-bond donors (Lipinski definition) is 1. The summed E-state index contributed by atoms with van der Waals surface area (Å²) in [6, 6.07) is 8.00. The first kappa shape index (κ1) is 22.0. The minimum atomic E-state index is -1.17. The first-order valence-electron chi connectivity index (χ1n) is 9.77. The van der Waals surface area contributed by atoms with Gasteiger partial charge in [-0.15, -0.1) is 6.58 Å². The van der Waals surface area contributed by atoms with Crippen molar-refractivity contribution in [1.29, 1.82) is 0 Å². The molecule has 4 unspecified atom stereocenters. The molecule has 1 heterocycles. The second kappa shape index (κ2) is 10.9. The van der Waals surface area contributed by atoms with E-state index in [4.69, 9.17) is 4.74 Å². The van der Waals surface area contributed by atoms with Gasteiger partial charge in [0.05, 0.1) is 0 Å². The van der Waals surface area contributed by atoms with Gasteiger partial charge in [0.15, 0.2) is 11.8 Å². The lowest BCUT2D eigenvalue weighted by Crippen LogP contribution is -2.65. The maximum Gasteiger partial charge on any atom is 0.331 e. The number of aldehydes is 1. The van der Waals surface area contributed by atoms with Crippen molar-refractivity contribution < 1.29 is 24.2 Å². The number of aliphatic hydroxyl groups is 1. The average Bonchev–Trinajstić information content (AvgIpc) is 2.71. The summed E-state index contributed by atoms with van der Waals surface area (Å²) >= 11 is 0. The van der Waals surface area contributed by atoms with Gasteiger partial charge in [0.25, 0.3) is 0 Å². The molecule has 1 N–H and O–H groups in total. The molecule has 0 aliphatic carbocycles. The molecule has 1 aromatic carbocycles. The molecule has 2 rings (SSSR count). The van der Waals surface area contributed by atoms with Gasteiger partial charge < -0.3 is 14.6 Å². The number of hydrogen-bond acceptors (Lipinski definition) is 6. The van der Waals surface area contributed by atoms with E-state index < -0.39 is 24.2 Å². The van der Waals surface area contributed by atoms with Crippen LogP contribution < -0.4 is 0 Å². The summed E-state index contributed by atoms with van der Waals surface area (Å²) in [5, 5.41) is 10.2. The molecule has 1 saturated heterocycles. The Morgan fingerprint density at radius 3 is 2.64 bits per heavy atom. The number of ether oxygens (including phenoxy) is 1. The highest BCUT2D eigenvalue weighted by Crippen LogP contribution is 2.32. The van der Waals surface area contributed by atoms with E-state index in [1.54, 1.807) is 11.0 Å². The number of allylic oxidation sites excluding steroid dienone is 1. The van der Waals surface area contributed by atoms with Crippen molar-refractivity contribution in [2.75, 3.05) is 0 Å². The minimum Gasteiger partial charge on any atom is -0.459 e. The predicted octanol–water partition coefficient (Wildman–Crippen LogP) is 2.64. The number of rotatable bonds is 12. The van der Waals surface area contributed by atoms with Crippen molar-refractivity contribution >= 4 is 18.0 Å². The Morgan fingerprint density at radius 2 is 2.07 bits per heavy atom. The van der Waals surface area contributed by atoms with Gasteiger partial charge in [-0.05, 0) is 24.8 Å². The summed E-state index contributed by atoms with van der Waals surface area (Å²) in [5.74, 6) is -1.49. The highest BCUT2D eigenvalue weighted by Gasteiger charge is 2.48. The zero-order valence-electron chi connectivity index (χ0n) is 16.3. The molecule has 0 radical (unpaired) electrons. The van der Waals surface area contributed by atoms with E-state index in [1.807, 2.05) is 37.3 Å². The number of Topliss-reactive ketones (excluding diaryl/α,β-unsaturated/α-hetero) is 1. The summed E-state index contributed by atoms with van der Waals surface area (Å²) in [5.41, 5.74) is 0.821. The molecule has 1 aromatic rings. The maximum atomic E-state index is 13.2. The van der Waals surface area contributed by atoms with Crippen LogP contribution in [0.2, 0.25) is 0 Å². The topological polar surface area (TPSA) is 83.9 Å². The number of carbonyl (C=O) groups excluding carboxylic acids is 3. The summed E-state index contributed by atoms with van der Waals surface area (Å²) in [6.45, 7) is 5.69. The normalized spacial score (nSPS) is 21.2. The lowest BCUT2D eigenvalue weighted by Gasteiger charge is -2.48. The average molecular weight is 387 g/mol. The van der Waals surface area contributed by atoms with E-state index >= 15 is 0 Å². The lowest BCUT2D eigenvalue weighted by atomic mass is 9.86. The van der Waals surface area contributed by atoms with Gasteiger partial charge in [-0.3, -0.25) is 9.69 Å². The van der Waals surface area contributed by atoms with Crippen LogP contribution >= 0.6 is 0 Å². The molecule has 1 aliphatic rings. The van der Waals surface area contributed by atoms with Crippen molar-refractivity contribution in [3.8, 4) is 0 Å². The van der Waals surface area contributed by atoms with Crippen molar-refractivity contribution in [2.24, 2.45) is 5.92 Å². The van der Waals surface area contributed by atoms with Crippen LogP contribution in [0.4, 0.5) is 0 Å². The van der Waals surface area contributed by atoms with Gasteiger partial charge in [-0.1, -0.05) is 43.3 Å². The third-order valence-corrected chi connectivity index (χ3v) is 5.22. The zero-order valence-corrected chi connectivity index (χ0v) is 16.3. The molecule has 4 atom stereocenters. The molecule has 0 saturated carbocycles. The number of carbonyl (C=O) groups is 3. The lowest BCUT2D eigenvalue weighted by molar-refractivity contribution is -0.183. The number of benzene rings is 1. The molecular formula is C22H29NO5. The third-order valence-electron chi connectivity index (χ3n) is 5.22. The van der Waals surface area contributed by atoms with Crippen LogP contribution in [-0.4, -0.2) is 46.4 Å². The molecular weight excluding hydrogens is 358 g/mol. The predicted molar refractivity (Wildman–Crippen MR) is 105 cm³/mol. The first-order valence-corrected chi connectivity index (χ1v) is 9.77. The van der Waals surface area contributed by atoms with Gasteiger partial charge in [0.1, 0.15) is 19.1 Å². The number of ketones is 1. The first-order chi connectivity index (χ1) is 13.5. The van der Waals surface area contributed by atoms with Gasteiger partial charge >= 0.3 is 5.97 Å².